The fraction of sp³-hybridized carbons (Fsp3) is 0.500. The van der Waals surface area contributed by atoms with E-state index in [2.05, 4.69) is 6.92 Å². The standard InChI is InChI=1S/C14H20O3/c1-4-6-7-11-9-12(14(16)17-5-2)10(3)8-13(11)15/h8-9,15H,4-7H2,1-3H3. The van der Waals surface area contributed by atoms with Gasteiger partial charge in [0.05, 0.1) is 12.2 Å². The quantitative estimate of drug-likeness (QED) is 0.798. The molecule has 0 aliphatic heterocycles. The van der Waals surface area contributed by atoms with Crippen molar-refractivity contribution in [1.82, 2.24) is 0 Å². The highest BCUT2D eigenvalue weighted by molar-refractivity contribution is 5.91. The molecule has 0 bridgehead atoms. The van der Waals surface area contributed by atoms with Crippen LogP contribution in [0.2, 0.25) is 0 Å². The minimum Gasteiger partial charge on any atom is -0.508 e. The Hall–Kier alpha value is -1.51. The van der Waals surface area contributed by atoms with Crippen LogP contribution in [-0.4, -0.2) is 17.7 Å². The van der Waals surface area contributed by atoms with Crippen molar-refractivity contribution in [3.8, 4) is 5.75 Å². The number of hydrogen-bond acceptors (Lipinski definition) is 3. The molecule has 1 aromatic rings. The number of ether oxygens (including phenoxy) is 1. The maximum absolute atomic E-state index is 11.7. The molecule has 3 nitrogen and oxygen atoms in total. The van der Waals surface area contributed by atoms with Gasteiger partial charge in [-0.15, -0.1) is 0 Å². The van der Waals surface area contributed by atoms with Crippen molar-refractivity contribution >= 4 is 5.97 Å². The van der Waals surface area contributed by atoms with Gasteiger partial charge in [0.25, 0.3) is 0 Å². The summed E-state index contributed by atoms with van der Waals surface area (Å²) in [7, 11) is 0. The molecule has 0 atom stereocenters. The maximum Gasteiger partial charge on any atom is 0.338 e. The summed E-state index contributed by atoms with van der Waals surface area (Å²) < 4.78 is 4.99. The van der Waals surface area contributed by atoms with Crippen molar-refractivity contribution < 1.29 is 14.6 Å². The predicted octanol–water partition coefficient (Wildman–Crippen LogP) is 3.22. The summed E-state index contributed by atoms with van der Waals surface area (Å²) in [6, 6.07) is 3.38. The maximum atomic E-state index is 11.7. The number of unbranched alkanes of at least 4 members (excludes halogenated alkanes) is 1. The molecule has 17 heavy (non-hydrogen) atoms. The lowest BCUT2D eigenvalue weighted by atomic mass is 10.0. The molecular weight excluding hydrogens is 216 g/mol. The Morgan fingerprint density at radius 3 is 2.65 bits per heavy atom. The highest BCUT2D eigenvalue weighted by Gasteiger charge is 2.13. The van der Waals surface area contributed by atoms with Gasteiger partial charge in [0, 0.05) is 0 Å². The molecule has 0 aliphatic rings. The smallest absolute Gasteiger partial charge is 0.338 e. The van der Waals surface area contributed by atoms with Crippen LogP contribution in [0.25, 0.3) is 0 Å². The first-order chi connectivity index (χ1) is 8.10. The molecule has 1 aromatic carbocycles. The van der Waals surface area contributed by atoms with Gasteiger partial charge in [0.15, 0.2) is 0 Å². The number of phenolic OH excluding ortho intramolecular Hbond substituents is 1. The Labute approximate surface area is 102 Å². The van der Waals surface area contributed by atoms with Crippen molar-refractivity contribution in [2.24, 2.45) is 0 Å². The minimum atomic E-state index is -0.317. The predicted molar refractivity (Wildman–Crippen MR) is 67.4 cm³/mol. The lowest BCUT2D eigenvalue weighted by molar-refractivity contribution is 0.0525. The Morgan fingerprint density at radius 2 is 2.06 bits per heavy atom. The molecule has 0 saturated carbocycles. The highest BCUT2D eigenvalue weighted by atomic mass is 16.5. The van der Waals surface area contributed by atoms with Crippen molar-refractivity contribution in [3.05, 3.63) is 28.8 Å². The number of benzene rings is 1. The van der Waals surface area contributed by atoms with Crippen LogP contribution in [0.3, 0.4) is 0 Å². The van der Waals surface area contributed by atoms with Gasteiger partial charge in [0.2, 0.25) is 0 Å². The van der Waals surface area contributed by atoms with Crippen LogP contribution in [0, 0.1) is 6.92 Å². The number of aromatic hydroxyl groups is 1. The zero-order valence-electron chi connectivity index (χ0n) is 10.7. The molecule has 0 unspecified atom stereocenters. The number of rotatable bonds is 5. The van der Waals surface area contributed by atoms with E-state index in [4.69, 9.17) is 4.74 Å². The van der Waals surface area contributed by atoms with Crippen LogP contribution in [0.4, 0.5) is 0 Å². The Balaban J connectivity index is 3.01. The topological polar surface area (TPSA) is 46.5 Å². The van der Waals surface area contributed by atoms with Gasteiger partial charge in [-0.25, -0.2) is 4.79 Å². The molecule has 0 spiro atoms. The fourth-order valence-electron chi connectivity index (χ4n) is 1.73. The van der Waals surface area contributed by atoms with E-state index in [9.17, 15) is 9.90 Å². The van der Waals surface area contributed by atoms with Gasteiger partial charge >= 0.3 is 5.97 Å². The third-order valence-corrected chi connectivity index (χ3v) is 2.72. The number of carbonyl (C=O) groups is 1. The molecule has 1 rings (SSSR count). The van der Waals surface area contributed by atoms with Crippen LogP contribution in [0.5, 0.6) is 5.75 Å². The zero-order chi connectivity index (χ0) is 12.8. The zero-order valence-corrected chi connectivity index (χ0v) is 10.7. The summed E-state index contributed by atoms with van der Waals surface area (Å²) in [4.78, 5) is 11.7. The number of carbonyl (C=O) groups excluding carboxylic acids is 1. The Bertz CT molecular complexity index is 397. The fourth-order valence-corrected chi connectivity index (χ4v) is 1.73. The van der Waals surface area contributed by atoms with E-state index in [1.54, 1.807) is 26.0 Å². The van der Waals surface area contributed by atoms with Gasteiger partial charge in [-0.3, -0.25) is 0 Å². The normalized spacial score (nSPS) is 10.3. The van der Waals surface area contributed by atoms with E-state index in [0.717, 1.165) is 30.4 Å². The second-order valence-corrected chi connectivity index (χ2v) is 4.12. The first-order valence-corrected chi connectivity index (χ1v) is 6.09. The molecule has 0 aromatic heterocycles. The third-order valence-electron chi connectivity index (χ3n) is 2.72. The van der Waals surface area contributed by atoms with Gasteiger partial charge in [-0.2, -0.15) is 0 Å². The summed E-state index contributed by atoms with van der Waals surface area (Å²) in [5.74, 6) is -0.0493. The van der Waals surface area contributed by atoms with Crippen molar-refractivity contribution in [2.75, 3.05) is 6.61 Å². The summed E-state index contributed by atoms with van der Waals surface area (Å²) >= 11 is 0. The first kappa shape index (κ1) is 13.6. The number of aryl methyl sites for hydroxylation is 2. The van der Waals surface area contributed by atoms with E-state index in [0.29, 0.717) is 12.2 Å². The second kappa shape index (κ2) is 6.28. The molecule has 0 saturated heterocycles. The molecule has 0 aliphatic carbocycles. The highest BCUT2D eigenvalue weighted by Crippen LogP contribution is 2.24. The van der Waals surface area contributed by atoms with Crippen LogP contribution >= 0.6 is 0 Å². The summed E-state index contributed by atoms with van der Waals surface area (Å²) in [6.07, 6.45) is 2.84. The van der Waals surface area contributed by atoms with Crippen molar-refractivity contribution in [1.29, 1.82) is 0 Å². The lowest BCUT2D eigenvalue weighted by Crippen LogP contribution is -2.07. The molecule has 1 N–H and O–H groups in total. The average Bonchev–Trinajstić information content (AvgIpc) is 2.28. The second-order valence-electron chi connectivity index (χ2n) is 4.12. The van der Waals surface area contributed by atoms with E-state index in [1.165, 1.54) is 0 Å². The molecular formula is C14H20O3. The van der Waals surface area contributed by atoms with Crippen molar-refractivity contribution in [3.63, 3.8) is 0 Å². The Morgan fingerprint density at radius 1 is 1.35 bits per heavy atom. The minimum absolute atomic E-state index is 0.268. The average molecular weight is 236 g/mol. The van der Waals surface area contributed by atoms with Crippen LogP contribution in [0.15, 0.2) is 12.1 Å². The van der Waals surface area contributed by atoms with Crippen LogP contribution < -0.4 is 0 Å². The first-order valence-electron chi connectivity index (χ1n) is 6.09. The molecule has 0 heterocycles. The van der Waals surface area contributed by atoms with Gasteiger partial charge in [0.1, 0.15) is 5.75 Å². The van der Waals surface area contributed by atoms with E-state index >= 15 is 0 Å². The molecule has 94 valence electrons. The number of esters is 1. The molecule has 3 heteroatoms. The van der Waals surface area contributed by atoms with Crippen LogP contribution in [0.1, 0.15) is 48.2 Å². The SMILES string of the molecule is CCCCc1cc(C(=O)OCC)c(C)cc1O. The van der Waals surface area contributed by atoms with Crippen molar-refractivity contribution in [2.45, 2.75) is 40.0 Å². The molecule has 0 radical (unpaired) electrons. The summed E-state index contributed by atoms with van der Waals surface area (Å²) in [6.45, 7) is 6.04. The van der Waals surface area contributed by atoms with Gasteiger partial charge in [-0.1, -0.05) is 13.3 Å². The van der Waals surface area contributed by atoms with Crippen LogP contribution in [-0.2, 0) is 11.2 Å². The molecule has 0 fully saturated rings. The van der Waals surface area contributed by atoms with E-state index in [-0.39, 0.29) is 11.7 Å². The summed E-state index contributed by atoms with van der Waals surface area (Å²) in [5, 5.41) is 9.80. The largest absolute Gasteiger partial charge is 0.508 e. The van der Waals surface area contributed by atoms with Gasteiger partial charge < -0.3 is 9.84 Å². The van der Waals surface area contributed by atoms with E-state index < -0.39 is 0 Å². The van der Waals surface area contributed by atoms with Gasteiger partial charge in [-0.05, 0) is 49.9 Å². The Kier molecular flexibility index (Phi) is 5.01. The third kappa shape index (κ3) is 3.48. The van der Waals surface area contributed by atoms with E-state index in [1.807, 2.05) is 0 Å². The number of hydrogen-bond donors (Lipinski definition) is 1. The molecule has 0 amide bonds. The monoisotopic (exact) mass is 236 g/mol. The lowest BCUT2D eigenvalue weighted by Gasteiger charge is -2.10. The number of phenols is 1. The summed E-state index contributed by atoms with van der Waals surface area (Å²) in [5.41, 5.74) is 2.12.